The van der Waals surface area contributed by atoms with E-state index in [2.05, 4.69) is 11.8 Å². The van der Waals surface area contributed by atoms with E-state index in [0.29, 0.717) is 6.29 Å². The fourth-order valence-electron chi connectivity index (χ4n) is 0.885. The molecule has 1 aromatic rings. The number of carbonyl (C=O) groups excluding carboxylic acids is 1. The van der Waals surface area contributed by atoms with Gasteiger partial charge in [0, 0.05) is 5.56 Å². The van der Waals surface area contributed by atoms with Crippen LogP contribution < -0.4 is 0 Å². The maximum absolute atomic E-state index is 13.1. The SMILES string of the molecule is N#CCC#Cc1ccc(C=O)cc1F. The largest absolute Gasteiger partial charge is 0.298 e. The van der Waals surface area contributed by atoms with Crippen molar-refractivity contribution in [3.8, 4) is 17.9 Å². The van der Waals surface area contributed by atoms with Gasteiger partial charge in [0.15, 0.2) is 0 Å². The normalized spacial score (nSPS) is 8.29. The minimum Gasteiger partial charge on any atom is -0.298 e. The molecule has 0 bridgehead atoms. The lowest BCUT2D eigenvalue weighted by Gasteiger charge is -1.94. The van der Waals surface area contributed by atoms with E-state index in [1.165, 1.54) is 12.1 Å². The Morgan fingerprint density at radius 2 is 2.29 bits per heavy atom. The van der Waals surface area contributed by atoms with E-state index < -0.39 is 5.82 Å². The Hall–Kier alpha value is -2.13. The van der Waals surface area contributed by atoms with E-state index in [0.717, 1.165) is 6.07 Å². The lowest BCUT2D eigenvalue weighted by Crippen LogP contribution is -1.87. The highest BCUT2D eigenvalue weighted by Gasteiger charge is 1.99. The van der Waals surface area contributed by atoms with Gasteiger partial charge in [0.25, 0.3) is 0 Å². The van der Waals surface area contributed by atoms with Crippen molar-refractivity contribution in [2.24, 2.45) is 0 Å². The minimum absolute atomic E-state index is 0.0644. The summed E-state index contributed by atoms with van der Waals surface area (Å²) < 4.78 is 13.1. The van der Waals surface area contributed by atoms with Crippen LogP contribution >= 0.6 is 0 Å². The highest BCUT2D eigenvalue weighted by Crippen LogP contribution is 2.07. The fraction of sp³-hybridized carbons (Fsp3) is 0.0909. The number of aldehydes is 1. The molecule has 0 aliphatic carbocycles. The molecule has 0 aliphatic heterocycles. The number of hydrogen-bond acceptors (Lipinski definition) is 2. The van der Waals surface area contributed by atoms with Crippen molar-refractivity contribution < 1.29 is 9.18 Å². The standard InChI is InChI=1S/C11H6FNO/c12-11-7-9(8-14)4-5-10(11)3-1-2-6-13/h4-5,7-8H,2H2. The minimum atomic E-state index is -0.542. The Morgan fingerprint density at radius 1 is 1.50 bits per heavy atom. The smallest absolute Gasteiger partial charge is 0.150 e. The predicted molar refractivity (Wildman–Crippen MR) is 48.9 cm³/mol. The second-order valence-corrected chi connectivity index (χ2v) is 2.49. The van der Waals surface area contributed by atoms with Crippen LogP contribution in [0.3, 0.4) is 0 Å². The van der Waals surface area contributed by atoms with Gasteiger partial charge in [0.05, 0.1) is 18.1 Å². The quantitative estimate of drug-likeness (QED) is 0.497. The molecule has 1 aromatic carbocycles. The third-order valence-corrected chi connectivity index (χ3v) is 1.52. The van der Waals surface area contributed by atoms with Crippen LogP contribution in [0.1, 0.15) is 22.3 Å². The van der Waals surface area contributed by atoms with E-state index in [1.807, 2.05) is 6.07 Å². The first-order valence-electron chi connectivity index (χ1n) is 3.88. The number of benzene rings is 1. The first-order chi connectivity index (χ1) is 6.77. The highest BCUT2D eigenvalue weighted by atomic mass is 19.1. The second kappa shape index (κ2) is 4.79. The third-order valence-electron chi connectivity index (χ3n) is 1.52. The van der Waals surface area contributed by atoms with Crippen LogP contribution in [0, 0.1) is 29.0 Å². The summed E-state index contributed by atoms with van der Waals surface area (Å²) >= 11 is 0. The van der Waals surface area contributed by atoms with E-state index in [4.69, 9.17) is 5.26 Å². The maximum Gasteiger partial charge on any atom is 0.150 e. The Morgan fingerprint density at radius 3 is 2.86 bits per heavy atom. The Balaban J connectivity index is 2.97. The third kappa shape index (κ3) is 2.43. The summed E-state index contributed by atoms with van der Waals surface area (Å²) in [5.41, 5.74) is 0.471. The van der Waals surface area contributed by atoms with Gasteiger partial charge in [-0.3, -0.25) is 4.79 Å². The fourth-order valence-corrected chi connectivity index (χ4v) is 0.885. The number of hydrogen-bond donors (Lipinski definition) is 0. The molecule has 3 heteroatoms. The molecule has 0 radical (unpaired) electrons. The molecule has 0 N–H and O–H groups in total. The maximum atomic E-state index is 13.1. The van der Waals surface area contributed by atoms with Crippen molar-refractivity contribution in [2.45, 2.75) is 6.42 Å². The number of halogens is 1. The van der Waals surface area contributed by atoms with Crippen LogP contribution in [0.2, 0.25) is 0 Å². The first-order valence-corrected chi connectivity index (χ1v) is 3.88. The summed E-state index contributed by atoms with van der Waals surface area (Å²) in [6, 6.07) is 5.84. The van der Waals surface area contributed by atoms with Gasteiger partial charge < -0.3 is 0 Å². The average Bonchev–Trinajstić information content (AvgIpc) is 2.20. The van der Waals surface area contributed by atoms with Gasteiger partial charge in [-0.25, -0.2) is 4.39 Å². The van der Waals surface area contributed by atoms with E-state index in [9.17, 15) is 9.18 Å². The number of carbonyl (C=O) groups is 1. The van der Waals surface area contributed by atoms with Crippen LogP contribution in [0.25, 0.3) is 0 Å². The molecule has 0 spiro atoms. The van der Waals surface area contributed by atoms with Gasteiger partial charge >= 0.3 is 0 Å². The van der Waals surface area contributed by atoms with Crippen LogP contribution in [0.4, 0.5) is 4.39 Å². The Kier molecular flexibility index (Phi) is 3.41. The van der Waals surface area contributed by atoms with E-state index >= 15 is 0 Å². The van der Waals surface area contributed by atoms with Gasteiger partial charge in [-0.15, -0.1) is 0 Å². The molecule has 0 saturated heterocycles. The average molecular weight is 187 g/mol. The topological polar surface area (TPSA) is 40.9 Å². The number of nitrogens with zero attached hydrogens (tertiary/aromatic N) is 1. The molecule has 0 heterocycles. The summed E-state index contributed by atoms with van der Waals surface area (Å²) in [7, 11) is 0. The van der Waals surface area contributed by atoms with Crippen molar-refractivity contribution in [3.05, 3.63) is 35.1 Å². The molecule has 0 unspecified atom stereocenters. The molecule has 0 aromatic heterocycles. The molecule has 68 valence electrons. The first kappa shape index (κ1) is 9.95. The molecule has 14 heavy (non-hydrogen) atoms. The van der Waals surface area contributed by atoms with Crippen LogP contribution in [0.15, 0.2) is 18.2 Å². The molecule has 0 amide bonds. The Labute approximate surface area is 81.0 Å². The van der Waals surface area contributed by atoms with Crippen LogP contribution in [-0.2, 0) is 0 Å². The molecule has 0 fully saturated rings. The zero-order valence-electron chi connectivity index (χ0n) is 7.25. The number of rotatable bonds is 1. The van der Waals surface area contributed by atoms with Gasteiger partial charge in [0.1, 0.15) is 12.1 Å². The zero-order valence-corrected chi connectivity index (χ0v) is 7.25. The lowest BCUT2D eigenvalue weighted by molar-refractivity contribution is 0.112. The zero-order chi connectivity index (χ0) is 10.4. The predicted octanol–water partition coefficient (Wildman–Crippen LogP) is 1.90. The summed E-state index contributed by atoms with van der Waals surface area (Å²) in [6.45, 7) is 0. The van der Waals surface area contributed by atoms with Gasteiger partial charge in [-0.05, 0) is 12.1 Å². The number of nitriles is 1. The summed E-state index contributed by atoms with van der Waals surface area (Å²) in [5, 5.41) is 8.20. The second-order valence-electron chi connectivity index (χ2n) is 2.49. The van der Waals surface area contributed by atoms with Crippen LogP contribution in [0.5, 0.6) is 0 Å². The molecule has 2 nitrogen and oxygen atoms in total. The summed E-state index contributed by atoms with van der Waals surface area (Å²) in [5.74, 6) is 4.45. The molecule has 1 rings (SSSR count). The molecule has 0 aliphatic rings. The lowest BCUT2D eigenvalue weighted by atomic mass is 10.1. The van der Waals surface area contributed by atoms with Gasteiger partial charge in [0.2, 0.25) is 0 Å². The van der Waals surface area contributed by atoms with Crippen molar-refractivity contribution in [1.82, 2.24) is 0 Å². The highest BCUT2D eigenvalue weighted by molar-refractivity contribution is 5.75. The molecular weight excluding hydrogens is 181 g/mol. The van der Waals surface area contributed by atoms with Gasteiger partial charge in [-0.1, -0.05) is 17.9 Å². The van der Waals surface area contributed by atoms with Crippen molar-refractivity contribution in [1.29, 1.82) is 5.26 Å². The van der Waals surface area contributed by atoms with Crippen molar-refractivity contribution >= 4 is 6.29 Å². The monoisotopic (exact) mass is 187 g/mol. The van der Waals surface area contributed by atoms with E-state index in [-0.39, 0.29) is 17.5 Å². The van der Waals surface area contributed by atoms with E-state index in [1.54, 1.807) is 0 Å². The van der Waals surface area contributed by atoms with Crippen molar-refractivity contribution in [3.63, 3.8) is 0 Å². The Bertz CT molecular complexity index is 449. The summed E-state index contributed by atoms with van der Waals surface area (Å²) in [6.07, 6.45) is 0.629. The van der Waals surface area contributed by atoms with Crippen LogP contribution in [-0.4, -0.2) is 6.29 Å². The summed E-state index contributed by atoms with van der Waals surface area (Å²) in [4.78, 5) is 10.3. The molecule has 0 atom stereocenters. The molecular formula is C11H6FNO. The van der Waals surface area contributed by atoms with Crippen molar-refractivity contribution in [2.75, 3.05) is 0 Å². The van der Waals surface area contributed by atoms with Gasteiger partial charge in [-0.2, -0.15) is 5.26 Å². The molecule has 0 saturated carbocycles.